The first-order chi connectivity index (χ1) is 13.7. The van der Waals surface area contributed by atoms with Gasteiger partial charge in [-0.2, -0.15) is 35.8 Å². The summed E-state index contributed by atoms with van der Waals surface area (Å²) in [5.41, 5.74) is 1.24. The number of halogens is 10. The van der Waals surface area contributed by atoms with Gasteiger partial charge in [0.05, 0.1) is 10.7 Å². The van der Waals surface area contributed by atoms with Gasteiger partial charge >= 0.3 is 18.1 Å². The largest absolute Gasteiger partial charge is 0.487 e. The summed E-state index contributed by atoms with van der Waals surface area (Å²) < 4.78 is 95.4. The predicted octanol–water partition coefficient (Wildman–Crippen LogP) is 7.16. The molecule has 13 heteroatoms. The number of hydrogen-bond donors (Lipinski definition) is 1. The molecule has 0 radical (unpaired) electrons. The van der Waals surface area contributed by atoms with Crippen LogP contribution in [-0.2, 0) is 6.61 Å². The molecule has 30 heavy (non-hydrogen) atoms. The molecule has 3 nitrogen and oxygen atoms in total. The summed E-state index contributed by atoms with van der Waals surface area (Å²) >= 11 is 12.2. The van der Waals surface area contributed by atoms with Crippen LogP contribution in [0.3, 0.4) is 0 Å². The minimum absolute atomic E-state index is 0.00261. The Morgan fingerprint density at radius 2 is 1.70 bits per heavy atom. The van der Waals surface area contributed by atoms with E-state index in [1.807, 2.05) is 0 Å². The molecule has 0 unspecified atom stereocenters. The molecular formula is C17H10Br2ClF7N2O. The Morgan fingerprint density at radius 3 is 2.30 bits per heavy atom. The zero-order chi connectivity index (χ0) is 22.7. The molecule has 0 bridgehead atoms. The first kappa shape index (κ1) is 24.7. The number of ether oxygens (including phenoxy) is 1. The van der Waals surface area contributed by atoms with Crippen molar-refractivity contribution in [2.24, 2.45) is 5.10 Å². The van der Waals surface area contributed by atoms with E-state index >= 15 is 0 Å². The van der Waals surface area contributed by atoms with Gasteiger partial charge in [-0.1, -0.05) is 39.7 Å². The van der Waals surface area contributed by atoms with Crippen molar-refractivity contribution in [3.8, 4) is 5.75 Å². The van der Waals surface area contributed by atoms with Gasteiger partial charge in [-0.05, 0) is 45.8 Å². The Balaban J connectivity index is 2.24. The van der Waals surface area contributed by atoms with Crippen LogP contribution in [0.1, 0.15) is 11.1 Å². The number of hydrogen-bond acceptors (Lipinski definition) is 3. The van der Waals surface area contributed by atoms with Crippen molar-refractivity contribution in [1.29, 1.82) is 0 Å². The fourth-order valence-electron chi connectivity index (χ4n) is 2.04. The van der Waals surface area contributed by atoms with Crippen LogP contribution in [0.2, 0.25) is 5.02 Å². The molecule has 0 aromatic heterocycles. The van der Waals surface area contributed by atoms with Gasteiger partial charge < -0.3 is 4.74 Å². The zero-order valence-corrected chi connectivity index (χ0v) is 18.3. The van der Waals surface area contributed by atoms with E-state index in [9.17, 15) is 30.7 Å². The Bertz CT molecular complexity index is 939. The zero-order valence-electron chi connectivity index (χ0n) is 14.4. The molecule has 0 amide bonds. The number of alkyl halides is 7. The second-order valence-corrected chi connectivity index (χ2v) is 7.95. The van der Waals surface area contributed by atoms with E-state index < -0.39 is 18.1 Å². The second kappa shape index (κ2) is 9.31. The van der Waals surface area contributed by atoms with Crippen LogP contribution in [0, 0.1) is 0 Å². The van der Waals surface area contributed by atoms with E-state index in [-0.39, 0.29) is 17.9 Å². The lowest BCUT2D eigenvalue weighted by atomic mass is 10.2. The van der Waals surface area contributed by atoms with Crippen molar-refractivity contribution in [3.63, 3.8) is 0 Å². The molecule has 2 rings (SSSR count). The highest BCUT2D eigenvalue weighted by Crippen LogP contribution is 2.45. The average molecular weight is 587 g/mol. The monoisotopic (exact) mass is 584 g/mol. The lowest BCUT2D eigenvalue weighted by Gasteiger charge is -2.27. The maximum Gasteiger partial charge on any atom is 0.462 e. The Hall–Kier alpha value is -1.53. The maximum absolute atomic E-state index is 13.3. The van der Waals surface area contributed by atoms with Crippen molar-refractivity contribution < 1.29 is 35.5 Å². The summed E-state index contributed by atoms with van der Waals surface area (Å²) in [7, 11) is 0. The third-order valence-electron chi connectivity index (χ3n) is 3.47. The molecule has 0 atom stereocenters. The van der Waals surface area contributed by atoms with Gasteiger partial charge in [0, 0.05) is 15.1 Å². The van der Waals surface area contributed by atoms with Crippen molar-refractivity contribution in [2.75, 3.05) is 0 Å². The molecule has 2 aromatic rings. The molecule has 0 saturated heterocycles. The van der Waals surface area contributed by atoms with Crippen molar-refractivity contribution in [3.05, 3.63) is 61.5 Å². The summed E-state index contributed by atoms with van der Waals surface area (Å²) in [6, 6.07) is 3.84. The predicted molar refractivity (Wildman–Crippen MR) is 104 cm³/mol. The van der Waals surface area contributed by atoms with Crippen LogP contribution in [0.15, 0.2) is 50.4 Å². The lowest BCUT2D eigenvalue weighted by molar-refractivity contribution is -0.361. The smallest absolute Gasteiger partial charge is 0.462 e. The highest BCUT2D eigenvalue weighted by Gasteiger charge is 2.73. The molecule has 0 spiro atoms. The van der Waals surface area contributed by atoms with Gasteiger partial charge in [0.25, 0.3) is 0 Å². The molecule has 1 N–H and O–H groups in total. The van der Waals surface area contributed by atoms with Crippen LogP contribution in [0.5, 0.6) is 5.75 Å². The lowest BCUT2D eigenvalue weighted by Crippen LogP contribution is -2.58. The molecule has 0 heterocycles. The van der Waals surface area contributed by atoms with Crippen LogP contribution < -0.4 is 10.2 Å². The molecule has 164 valence electrons. The van der Waals surface area contributed by atoms with E-state index in [1.165, 1.54) is 6.07 Å². The Morgan fingerprint density at radius 1 is 1.03 bits per heavy atom. The average Bonchev–Trinajstić information content (AvgIpc) is 2.59. The Labute approximate surface area is 187 Å². The van der Waals surface area contributed by atoms with Gasteiger partial charge in [0.15, 0.2) is 0 Å². The van der Waals surface area contributed by atoms with Crippen LogP contribution in [0.4, 0.5) is 30.7 Å². The number of hydrazone groups is 1. The van der Waals surface area contributed by atoms with Crippen molar-refractivity contribution >= 4 is 49.7 Å². The molecule has 0 aliphatic heterocycles. The summed E-state index contributed by atoms with van der Waals surface area (Å²) in [6.45, 7) is -0.00261. The fourth-order valence-corrected chi connectivity index (χ4v) is 3.63. The number of rotatable bonds is 7. The van der Waals surface area contributed by atoms with Crippen LogP contribution in [-0.4, -0.2) is 24.4 Å². The summed E-state index contributed by atoms with van der Waals surface area (Å²) in [5.74, 6) is -6.25. The molecule has 0 saturated carbocycles. The molecule has 2 aromatic carbocycles. The summed E-state index contributed by atoms with van der Waals surface area (Å²) in [4.78, 5) is 0. The van der Waals surface area contributed by atoms with Gasteiger partial charge in [-0.3, -0.25) is 0 Å². The van der Waals surface area contributed by atoms with Gasteiger partial charge in [0.2, 0.25) is 0 Å². The second-order valence-electron chi connectivity index (χ2n) is 5.74. The van der Waals surface area contributed by atoms with Crippen molar-refractivity contribution in [1.82, 2.24) is 5.43 Å². The fraction of sp³-hybridized carbons (Fsp3) is 0.235. The van der Waals surface area contributed by atoms with Gasteiger partial charge in [-0.15, -0.1) is 0 Å². The quantitative estimate of drug-likeness (QED) is 0.162. The number of nitrogens with zero attached hydrogens (tertiary/aromatic N) is 1. The van der Waals surface area contributed by atoms with Gasteiger partial charge in [0.1, 0.15) is 12.4 Å². The van der Waals surface area contributed by atoms with E-state index in [0.717, 1.165) is 0 Å². The SMILES string of the molecule is FC(F)(F)C(F)(F)C(F)(F)N/N=C\c1cc(Br)cc(Br)c1OCc1cccc(Cl)c1. The summed E-state index contributed by atoms with van der Waals surface area (Å²) in [5, 5.41) is 3.31. The highest BCUT2D eigenvalue weighted by molar-refractivity contribution is 9.11. The van der Waals surface area contributed by atoms with E-state index in [4.69, 9.17) is 16.3 Å². The maximum atomic E-state index is 13.3. The normalized spacial score (nSPS) is 13.0. The minimum atomic E-state index is -6.47. The molecular weight excluding hydrogens is 576 g/mol. The first-order valence-corrected chi connectivity index (χ1v) is 9.70. The number of nitrogens with one attached hydrogen (secondary N) is 1. The topological polar surface area (TPSA) is 33.6 Å². The van der Waals surface area contributed by atoms with Crippen LogP contribution in [0.25, 0.3) is 0 Å². The van der Waals surface area contributed by atoms with E-state index in [0.29, 0.717) is 31.2 Å². The van der Waals surface area contributed by atoms with Crippen molar-refractivity contribution in [2.45, 2.75) is 24.8 Å². The molecule has 0 aliphatic carbocycles. The van der Waals surface area contributed by atoms with Crippen LogP contribution >= 0.6 is 43.5 Å². The number of benzene rings is 2. The van der Waals surface area contributed by atoms with E-state index in [1.54, 1.807) is 30.3 Å². The third kappa shape index (κ3) is 5.79. The summed E-state index contributed by atoms with van der Waals surface area (Å²) in [6.07, 6.45) is -5.84. The molecule has 0 aliphatic rings. The standard InChI is InChI=1S/C17H10Br2ClF7N2O/c18-11-5-10(7-28-29-17(26,27)15(21,22)16(23,24)25)14(13(19)6-11)30-8-9-2-1-3-12(20)4-9/h1-7,29H,8H2/b28-7-. The van der Waals surface area contributed by atoms with E-state index in [2.05, 4.69) is 37.0 Å². The van der Waals surface area contributed by atoms with Gasteiger partial charge in [-0.25, -0.2) is 5.43 Å². The first-order valence-electron chi connectivity index (χ1n) is 7.73. The molecule has 0 fully saturated rings. The Kier molecular flexibility index (Phi) is 7.68. The highest BCUT2D eigenvalue weighted by atomic mass is 79.9. The third-order valence-corrected chi connectivity index (χ3v) is 4.75. The minimum Gasteiger partial charge on any atom is -0.487 e.